The first-order valence-electron chi connectivity index (χ1n) is 5.96. The summed E-state index contributed by atoms with van der Waals surface area (Å²) >= 11 is 1.19. The number of esters is 1. The number of aryl methyl sites for hydroxylation is 1. The molecule has 2 rings (SSSR count). The summed E-state index contributed by atoms with van der Waals surface area (Å²) in [7, 11) is 0. The van der Waals surface area contributed by atoms with Crippen LogP contribution in [0.4, 0.5) is 18.9 Å². The highest BCUT2D eigenvalue weighted by atomic mass is 32.1. The van der Waals surface area contributed by atoms with E-state index in [9.17, 15) is 18.0 Å². The van der Waals surface area contributed by atoms with Gasteiger partial charge in [-0.1, -0.05) is 12.1 Å². The molecule has 2 N–H and O–H groups in total. The topological polar surface area (TPSA) is 52.3 Å². The van der Waals surface area contributed by atoms with Crippen molar-refractivity contribution in [3.8, 4) is 0 Å². The number of carbonyl (C=O) groups is 1. The number of halogens is 3. The van der Waals surface area contributed by atoms with Gasteiger partial charge in [0.15, 0.2) is 0 Å². The van der Waals surface area contributed by atoms with Crippen LogP contribution < -0.4 is 5.73 Å². The highest BCUT2D eigenvalue weighted by molar-refractivity contribution is 7.14. The van der Waals surface area contributed by atoms with E-state index in [4.69, 9.17) is 10.5 Å². The van der Waals surface area contributed by atoms with E-state index < -0.39 is 17.7 Å². The maximum atomic E-state index is 12.6. The number of ether oxygens (including phenoxy) is 1. The summed E-state index contributed by atoms with van der Waals surface area (Å²) in [6.45, 7) is 1.54. The summed E-state index contributed by atoms with van der Waals surface area (Å²) in [5.41, 5.74) is 5.63. The number of alkyl halides is 3. The molecule has 0 amide bonds. The van der Waals surface area contributed by atoms with Gasteiger partial charge >= 0.3 is 12.1 Å². The Morgan fingerprint density at radius 1 is 1.33 bits per heavy atom. The van der Waals surface area contributed by atoms with Crippen molar-refractivity contribution in [2.45, 2.75) is 19.7 Å². The maximum Gasteiger partial charge on any atom is 0.416 e. The highest BCUT2D eigenvalue weighted by Gasteiger charge is 2.30. The number of hydrogen-bond donors (Lipinski definition) is 1. The Morgan fingerprint density at radius 3 is 2.62 bits per heavy atom. The second-order valence-electron chi connectivity index (χ2n) is 4.40. The van der Waals surface area contributed by atoms with Crippen LogP contribution in [-0.2, 0) is 17.5 Å². The third-order valence-corrected chi connectivity index (χ3v) is 3.83. The summed E-state index contributed by atoms with van der Waals surface area (Å²) in [6.07, 6.45) is -4.42. The summed E-state index contributed by atoms with van der Waals surface area (Å²) < 4.78 is 42.7. The van der Waals surface area contributed by atoms with Gasteiger partial charge in [0.25, 0.3) is 0 Å². The van der Waals surface area contributed by atoms with E-state index in [2.05, 4.69) is 0 Å². The molecular formula is C14H12F3NO2S. The zero-order chi connectivity index (χ0) is 15.6. The number of benzene rings is 1. The van der Waals surface area contributed by atoms with E-state index in [0.29, 0.717) is 10.6 Å². The smallest absolute Gasteiger partial charge is 0.416 e. The van der Waals surface area contributed by atoms with Crippen molar-refractivity contribution in [2.24, 2.45) is 0 Å². The van der Waals surface area contributed by atoms with E-state index >= 15 is 0 Å². The van der Waals surface area contributed by atoms with Crippen LogP contribution in [0.3, 0.4) is 0 Å². The summed E-state index contributed by atoms with van der Waals surface area (Å²) in [5, 5.41) is 0. The number of rotatable bonds is 3. The van der Waals surface area contributed by atoms with Crippen LogP contribution in [-0.4, -0.2) is 5.97 Å². The van der Waals surface area contributed by atoms with Gasteiger partial charge in [0.1, 0.15) is 11.5 Å². The van der Waals surface area contributed by atoms with Gasteiger partial charge < -0.3 is 10.5 Å². The predicted octanol–water partition coefficient (Wildman–Crippen LogP) is 4.01. The van der Waals surface area contributed by atoms with E-state index in [0.717, 1.165) is 17.0 Å². The molecule has 7 heteroatoms. The molecule has 1 aromatic carbocycles. The Labute approximate surface area is 123 Å². The van der Waals surface area contributed by atoms with Gasteiger partial charge in [-0.15, -0.1) is 11.3 Å². The zero-order valence-electron chi connectivity index (χ0n) is 11.0. The minimum absolute atomic E-state index is 0.223. The molecule has 0 aliphatic carbocycles. The number of nitrogen functional groups attached to an aromatic ring is 1. The Bertz CT molecular complexity index is 645. The quantitative estimate of drug-likeness (QED) is 0.871. The summed E-state index contributed by atoms with van der Waals surface area (Å²) in [4.78, 5) is 12.9. The lowest BCUT2D eigenvalue weighted by molar-refractivity contribution is -0.137. The van der Waals surface area contributed by atoms with Crippen LogP contribution in [0.1, 0.15) is 25.7 Å². The first-order valence-corrected chi connectivity index (χ1v) is 6.78. The van der Waals surface area contributed by atoms with Gasteiger partial charge in [0.2, 0.25) is 0 Å². The molecule has 0 atom stereocenters. The molecule has 1 aromatic heterocycles. The molecule has 0 fully saturated rings. The van der Waals surface area contributed by atoms with Crippen LogP contribution in [0.25, 0.3) is 0 Å². The maximum absolute atomic E-state index is 12.6. The van der Waals surface area contributed by atoms with Gasteiger partial charge in [0.05, 0.1) is 5.56 Å². The predicted molar refractivity (Wildman–Crippen MR) is 74.0 cm³/mol. The minimum atomic E-state index is -4.42. The fraction of sp³-hybridized carbons (Fsp3) is 0.214. The minimum Gasteiger partial charge on any atom is -0.457 e. The summed E-state index contributed by atoms with van der Waals surface area (Å²) in [6, 6.07) is 6.17. The van der Waals surface area contributed by atoms with Crippen LogP contribution in [0.5, 0.6) is 0 Å². The van der Waals surface area contributed by atoms with E-state index in [-0.39, 0.29) is 12.2 Å². The van der Waals surface area contributed by atoms with Gasteiger partial charge in [-0.25, -0.2) is 4.79 Å². The van der Waals surface area contributed by atoms with Gasteiger partial charge in [-0.3, -0.25) is 0 Å². The lowest BCUT2D eigenvalue weighted by Gasteiger charge is -2.09. The van der Waals surface area contributed by atoms with Crippen molar-refractivity contribution >= 4 is 23.0 Å². The Hall–Kier alpha value is -2.02. The third kappa shape index (κ3) is 3.75. The molecule has 21 heavy (non-hydrogen) atoms. The average Bonchev–Trinajstić information content (AvgIpc) is 2.75. The number of anilines is 1. The lowest BCUT2D eigenvalue weighted by atomic mass is 10.1. The van der Waals surface area contributed by atoms with Crippen molar-refractivity contribution in [1.29, 1.82) is 0 Å². The molecule has 0 saturated carbocycles. The summed E-state index contributed by atoms with van der Waals surface area (Å²) in [5.74, 6) is -0.600. The van der Waals surface area contributed by atoms with Crippen LogP contribution >= 0.6 is 11.3 Å². The van der Waals surface area contributed by atoms with E-state index in [1.54, 1.807) is 6.92 Å². The van der Waals surface area contributed by atoms with E-state index in [1.165, 1.54) is 29.5 Å². The number of hydrogen-bond acceptors (Lipinski definition) is 4. The molecule has 0 spiro atoms. The number of thiophene rings is 1. The van der Waals surface area contributed by atoms with Crippen LogP contribution in [0.2, 0.25) is 0 Å². The molecular weight excluding hydrogens is 303 g/mol. The molecule has 0 unspecified atom stereocenters. The van der Waals surface area contributed by atoms with Crippen molar-refractivity contribution in [2.75, 3.05) is 5.73 Å². The van der Waals surface area contributed by atoms with Crippen molar-refractivity contribution < 1.29 is 22.7 Å². The standard InChI is InChI=1S/C14H12F3NO2S/c1-8-11(18)6-12(21-8)13(19)20-7-9-3-2-4-10(5-9)14(15,16)17/h2-6H,7,18H2,1H3. The molecule has 112 valence electrons. The first-order chi connectivity index (χ1) is 9.77. The Balaban J connectivity index is 2.04. The van der Waals surface area contributed by atoms with Gasteiger partial charge in [0, 0.05) is 10.6 Å². The molecule has 2 aromatic rings. The van der Waals surface area contributed by atoms with Gasteiger partial charge in [-0.2, -0.15) is 13.2 Å². The molecule has 3 nitrogen and oxygen atoms in total. The monoisotopic (exact) mass is 315 g/mol. The normalized spacial score (nSPS) is 11.4. The number of nitrogens with two attached hydrogens (primary N) is 1. The zero-order valence-corrected chi connectivity index (χ0v) is 11.8. The first kappa shape index (κ1) is 15.4. The number of carbonyl (C=O) groups excluding carboxylic acids is 1. The van der Waals surface area contributed by atoms with Crippen molar-refractivity contribution in [1.82, 2.24) is 0 Å². The lowest BCUT2D eigenvalue weighted by Crippen LogP contribution is -2.07. The van der Waals surface area contributed by atoms with Crippen LogP contribution in [0, 0.1) is 6.92 Å². The molecule has 0 radical (unpaired) electrons. The molecule has 0 aliphatic heterocycles. The highest BCUT2D eigenvalue weighted by Crippen LogP contribution is 2.30. The largest absolute Gasteiger partial charge is 0.457 e. The fourth-order valence-corrected chi connectivity index (χ4v) is 2.49. The Morgan fingerprint density at radius 2 is 2.05 bits per heavy atom. The average molecular weight is 315 g/mol. The van der Waals surface area contributed by atoms with Crippen molar-refractivity contribution in [3.63, 3.8) is 0 Å². The molecule has 1 heterocycles. The third-order valence-electron chi connectivity index (χ3n) is 2.78. The molecule has 0 aliphatic rings. The molecule has 0 saturated heterocycles. The van der Waals surface area contributed by atoms with Crippen LogP contribution in [0.15, 0.2) is 30.3 Å². The SMILES string of the molecule is Cc1sc(C(=O)OCc2cccc(C(F)(F)F)c2)cc1N. The van der Waals surface area contributed by atoms with Crippen molar-refractivity contribution in [3.05, 3.63) is 51.2 Å². The fourth-order valence-electron chi connectivity index (χ4n) is 1.65. The second kappa shape index (κ2) is 5.77. The second-order valence-corrected chi connectivity index (χ2v) is 5.65. The Kier molecular flexibility index (Phi) is 4.22. The van der Waals surface area contributed by atoms with Gasteiger partial charge in [-0.05, 0) is 30.7 Å². The van der Waals surface area contributed by atoms with E-state index in [1.807, 2.05) is 0 Å². The molecule has 0 bridgehead atoms.